The van der Waals surface area contributed by atoms with E-state index in [9.17, 15) is 9.59 Å². The summed E-state index contributed by atoms with van der Waals surface area (Å²) in [5.41, 5.74) is 1.30. The minimum Gasteiger partial charge on any atom is -0.308 e. The molecule has 0 spiro atoms. The molecule has 0 atom stereocenters. The predicted molar refractivity (Wildman–Crippen MR) is 85.7 cm³/mol. The summed E-state index contributed by atoms with van der Waals surface area (Å²) in [4.78, 5) is 34.3. The molecule has 22 heavy (non-hydrogen) atoms. The predicted octanol–water partition coefficient (Wildman–Crippen LogP) is 1.89. The molecule has 0 aliphatic rings. The van der Waals surface area contributed by atoms with Gasteiger partial charge in [0.05, 0.1) is 6.54 Å². The van der Waals surface area contributed by atoms with Gasteiger partial charge < -0.3 is 4.57 Å². The summed E-state index contributed by atoms with van der Waals surface area (Å²) in [6.45, 7) is 1.83. The number of carbonyl (C=O) groups excluding carboxylic acids is 1. The average Bonchev–Trinajstić information content (AvgIpc) is 2.75. The van der Waals surface area contributed by atoms with Crippen LogP contribution >= 0.6 is 15.9 Å². The standard InChI is InChI=1S/C14H12BrN5O2/c1-8(21)16-14-18-11-10(12(22)19-14)20(13(15)17-11)7-9-5-3-2-4-6-9/h2-6H,7H2,1H3,(H2,16,18,19,21,22). The van der Waals surface area contributed by atoms with Crippen LogP contribution in [0.15, 0.2) is 39.9 Å². The highest BCUT2D eigenvalue weighted by Gasteiger charge is 2.15. The van der Waals surface area contributed by atoms with E-state index in [0.29, 0.717) is 16.8 Å². The van der Waals surface area contributed by atoms with E-state index in [-0.39, 0.29) is 23.1 Å². The first kappa shape index (κ1) is 14.5. The molecule has 1 amide bonds. The van der Waals surface area contributed by atoms with Gasteiger partial charge in [-0.3, -0.25) is 19.9 Å². The normalized spacial score (nSPS) is 10.8. The Bertz CT molecular complexity index is 901. The second-order valence-corrected chi connectivity index (χ2v) is 5.43. The third-order valence-electron chi connectivity index (χ3n) is 3.05. The molecule has 0 saturated heterocycles. The summed E-state index contributed by atoms with van der Waals surface area (Å²) in [5.74, 6) is -0.229. The number of H-pyrrole nitrogens is 1. The summed E-state index contributed by atoms with van der Waals surface area (Å²) in [5, 5.41) is 2.45. The molecule has 7 nitrogen and oxygen atoms in total. The van der Waals surface area contributed by atoms with Crippen molar-refractivity contribution in [2.75, 3.05) is 5.32 Å². The highest BCUT2D eigenvalue weighted by Crippen LogP contribution is 2.18. The van der Waals surface area contributed by atoms with E-state index in [0.717, 1.165) is 5.56 Å². The van der Waals surface area contributed by atoms with Crippen LogP contribution in [0.4, 0.5) is 5.95 Å². The topological polar surface area (TPSA) is 92.7 Å². The maximum atomic E-state index is 12.3. The lowest BCUT2D eigenvalue weighted by Crippen LogP contribution is -2.18. The molecule has 0 unspecified atom stereocenters. The maximum absolute atomic E-state index is 12.3. The molecular weight excluding hydrogens is 350 g/mol. The molecule has 0 aliphatic carbocycles. The molecule has 3 aromatic rings. The number of halogens is 1. The van der Waals surface area contributed by atoms with Gasteiger partial charge in [0.15, 0.2) is 15.9 Å². The third kappa shape index (κ3) is 2.77. The number of aromatic amines is 1. The third-order valence-corrected chi connectivity index (χ3v) is 3.65. The van der Waals surface area contributed by atoms with Crippen LogP contribution in [0.25, 0.3) is 11.2 Å². The van der Waals surface area contributed by atoms with E-state index in [1.165, 1.54) is 6.92 Å². The molecule has 0 saturated carbocycles. The van der Waals surface area contributed by atoms with Gasteiger partial charge in [-0.1, -0.05) is 30.3 Å². The Balaban J connectivity index is 2.10. The molecule has 2 aromatic heterocycles. The van der Waals surface area contributed by atoms with E-state index in [1.54, 1.807) is 4.57 Å². The zero-order valence-electron chi connectivity index (χ0n) is 11.6. The molecule has 0 bridgehead atoms. The molecule has 1 aromatic carbocycles. The van der Waals surface area contributed by atoms with E-state index >= 15 is 0 Å². The number of carbonyl (C=O) groups is 1. The minimum absolute atomic E-state index is 0.0851. The molecule has 0 fully saturated rings. The number of hydrogen-bond acceptors (Lipinski definition) is 4. The Kier molecular flexibility index (Phi) is 3.76. The summed E-state index contributed by atoms with van der Waals surface area (Å²) in [6, 6.07) is 9.72. The Labute approximate surface area is 133 Å². The number of nitrogens with zero attached hydrogens (tertiary/aromatic N) is 3. The van der Waals surface area contributed by atoms with Crippen LogP contribution in [0.5, 0.6) is 0 Å². The van der Waals surface area contributed by atoms with Crippen molar-refractivity contribution < 1.29 is 4.79 Å². The van der Waals surface area contributed by atoms with Crippen LogP contribution < -0.4 is 10.9 Å². The van der Waals surface area contributed by atoms with E-state index < -0.39 is 0 Å². The first-order chi connectivity index (χ1) is 10.5. The van der Waals surface area contributed by atoms with Gasteiger partial charge in [-0.15, -0.1) is 0 Å². The first-order valence-electron chi connectivity index (χ1n) is 6.52. The highest BCUT2D eigenvalue weighted by atomic mass is 79.9. The van der Waals surface area contributed by atoms with Crippen LogP contribution in [-0.2, 0) is 11.3 Å². The second kappa shape index (κ2) is 5.72. The smallest absolute Gasteiger partial charge is 0.278 e. The second-order valence-electron chi connectivity index (χ2n) is 4.72. The van der Waals surface area contributed by atoms with Crippen molar-refractivity contribution in [2.24, 2.45) is 0 Å². The molecule has 2 heterocycles. The van der Waals surface area contributed by atoms with E-state index in [1.807, 2.05) is 30.3 Å². The molecule has 0 radical (unpaired) electrons. The number of amides is 1. The fourth-order valence-corrected chi connectivity index (χ4v) is 2.62. The summed E-state index contributed by atoms with van der Waals surface area (Å²) in [6.07, 6.45) is 0. The number of imidazole rings is 1. The SMILES string of the molecule is CC(=O)Nc1nc2nc(Br)n(Cc3ccccc3)c2c(=O)[nH]1. The minimum atomic E-state index is -0.358. The van der Waals surface area contributed by atoms with Gasteiger partial charge in [0.25, 0.3) is 5.56 Å². The Morgan fingerprint density at radius 3 is 2.73 bits per heavy atom. The summed E-state index contributed by atoms with van der Waals surface area (Å²) >= 11 is 3.35. The van der Waals surface area contributed by atoms with Crippen LogP contribution in [-0.4, -0.2) is 25.4 Å². The lowest BCUT2D eigenvalue weighted by Gasteiger charge is -2.06. The first-order valence-corrected chi connectivity index (χ1v) is 7.31. The Morgan fingerprint density at radius 1 is 1.32 bits per heavy atom. The van der Waals surface area contributed by atoms with Gasteiger partial charge in [0.1, 0.15) is 0 Å². The van der Waals surface area contributed by atoms with Crippen molar-refractivity contribution in [3.63, 3.8) is 0 Å². The van der Waals surface area contributed by atoms with E-state index in [2.05, 4.69) is 36.2 Å². The van der Waals surface area contributed by atoms with Gasteiger partial charge in [0, 0.05) is 6.92 Å². The number of benzene rings is 1. The lowest BCUT2D eigenvalue weighted by molar-refractivity contribution is -0.114. The van der Waals surface area contributed by atoms with E-state index in [4.69, 9.17) is 0 Å². The Morgan fingerprint density at radius 2 is 2.05 bits per heavy atom. The fraction of sp³-hybridized carbons (Fsp3) is 0.143. The number of hydrogen-bond donors (Lipinski definition) is 2. The van der Waals surface area contributed by atoms with Gasteiger partial charge >= 0.3 is 0 Å². The number of nitrogens with one attached hydrogen (secondary N) is 2. The zero-order chi connectivity index (χ0) is 15.7. The van der Waals surface area contributed by atoms with Crippen molar-refractivity contribution in [1.82, 2.24) is 19.5 Å². The highest BCUT2D eigenvalue weighted by molar-refractivity contribution is 9.10. The zero-order valence-corrected chi connectivity index (χ0v) is 13.2. The molecule has 0 aliphatic heterocycles. The largest absolute Gasteiger partial charge is 0.308 e. The van der Waals surface area contributed by atoms with Crippen molar-refractivity contribution in [2.45, 2.75) is 13.5 Å². The number of anilines is 1. The van der Waals surface area contributed by atoms with Gasteiger partial charge in [0.2, 0.25) is 11.9 Å². The van der Waals surface area contributed by atoms with Gasteiger partial charge in [-0.2, -0.15) is 4.98 Å². The summed E-state index contributed by atoms with van der Waals surface area (Å²) < 4.78 is 2.23. The summed E-state index contributed by atoms with van der Waals surface area (Å²) in [7, 11) is 0. The fourth-order valence-electron chi connectivity index (χ4n) is 2.15. The molecular formula is C14H12BrN5O2. The van der Waals surface area contributed by atoms with Crippen LogP contribution in [0.3, 0.4) is 0 Å². The molecule has 2 N–H and O–H groups in total. The molecule has 3 rings (SSSR count). The Hall–Kier alpha value is -2.48. The molecule has 8 heteroatoms. The molecule has 112 valence electrons. The average molecular weight is 362 g/mol. The van der Waals surface area contributed by atoms with Gasteiger partial charge in [-0.25, -0.2) is 4.98 Å². The van der Waals surface area contributed by atoms with Crippen molar-refractivity contribution in [1.29, 1.82) is 0 Å². The van der Waals surface area contributed by atoms with Crippen molar-refractivity contribution in [3.8, 4) is 0 Å². The number of rotatable bonds is 3. The van der Waals surface area contributed by atoms with Crippen LogP contribution in [0.2, 0.25) is 0 Å². The monoisotopic (exact) mass is 361 g/mol. The van der Waals surface area contributed by atoms with Crippen LogP contribution in [0, 0.1) is 0 Å². The quantitative estimate of drug-likeness (QED) is 0.696. The number of fused-ring (bicyclic) bond motifs is 1. The number of aromatic nitrogens is 4. The van der Waals surface area contributed by atoms with Gasteiger partial charge in [-0.05, 0) is 21.5 Å². The maximum Gasteiger partial charge on any atom is 0.278 e. The lowest BCUT2D eigenvalue weighted by atomic mass is 10.2. The van der Waals surface area contributed by atoms with Crippen LogP contribution in [0.1, 0.15) is 12.5 Å². The van der Waals surface area contributed by atoms with Crippen molar-refractivity contribution in [3.05, 3.63) is 51.0 Å². The van der Waals surface area contributed by atoms with Crippen molar-refractivity contribution >= 4 is 38.9 Å².